The predicted octanol–water partition coefficient (Wildman–Crippen LogP) is 1.75. The van der Waals surface area contributed by atoms with E-state index >= 15 is 0 Å². The van der Waals surface area contributed by atoms with Crippen molar-refractivity contribution in [1.82, 2.24) is 0 Å². The molecule has 0 N–H and O–H groups in total. The van der Waals surface area contributed by atoms with E-state index in [-0.39, 0.29) is 1.43 Å². The molecule has 0 nitrogen and oxygen atoms in total. The van der Waals surface area contributed by atoms with E-state index in [1.54, 1.807) is 6.92 Å². The highest BCUT2D eigenvalue weighted by atomic mass is 19.1. The third-order valence-corrected chi connectivity index (χ3v) is 0.939. The number of halogens is 1. The van der Waals surface area contributed by atoms with E-state index in [1.165, 1.54) is 0 Å². The van der Waals surface area contributed by atoms with E-state index in [2.05, 4.69) is 0 Å². The van der Waals surface area contributed by atoms with Crippen LogP contribution in [-0.4, -0.2) is 5.67 Å². The first-order valence-corrected chi connectivity index (χ1v) is 1.90. The van der Waals surface area contributed by atoms with Gasteiger partial charge in [-0.05, 0) is 19.8 Å². The Balaban J connectivity index is 0.000000250. The van der Waals surface area contributed by atoms with Crippen LogP contribution in [0.2, 0.25) is 0 Å². The maximum Gasteiger partial charge on any atom is 0.108 e. The molecule has 1 fully saturated rings. The average Bonchev–Trinajstić information content (AvgIpc) is 1.76. The van der Waals surface area contributed by atoms with Crippen LogP contribution in [0.1, 0.15) is 21.2 Å². The molecule has 0 atom stereocenters. The van der Waals surface area contributed by atoms with Crippen molar-refractivity contribution in [2.75, 3.05) is 0 Å². The van der Waals surface area contributed by atoms with Gasteiger partial charge < -0.3 is 0 Å². The van der Waals surface area contributed by atoms with Gasteiger partial charge in [0.2, 0.25) is 0 Å². The molecule has 0 aromatic rings. The Labute approximate surface area is 32.5 Å². The largest absolute Gasteiger partial charge is 0.244 e. The smallest absolute Gasteiger partial charge is 0.108 e. The molecular formula is C4H9F. The molecule has 0 aliphatic heterocycles. The van der Waals surface area contributed by atoms with E-state index in [4.69, 9.17) is 0 Å². The first-order valence-electron chi connectivity index (χ1n) is 1.90. The molecule has 1 aliphatic rings. The SMILES string of the molecule is CC1(F)CC1.[3HH]. The standard InChI is InChI=1S/C4H7F.H2/c1-4(5)2-3-4;/h2-3H2,1H3;1H/i;1+2. The van der Waals surface area contributed by atoms with Gasteiger partial charge >= 0.3 is 0 Å². The lowest BCUT2D eigenvalue weighted by Crippen LogP contribution is -1.83. The zero-order valence-corrected chi connectivity index (χ0v) is 3.29. The molecule has 0 amide bonds. The summed E-state index contributed by atoms with van der Waals surface area (Å²) in [4.78, 5) is 0. The Morgan fingerprint density at radius 1 is 1.80 bits per heavy atom. The quantitative estimate of drug-likeness (QED) is 0.414. The molecule has 5 heavy (non-hydrogen) atoms. The molecule has 0 heterocycles. The summed E-state index contributed by atoms with van der Waals surface area (Å²) < 4.78 is 11.8. The normalized spacial score (nSPS) is 30.0. The van der Waals surface area contributed by atoms with Crippen LogP contribution in [0.4, 0.5) is 4.39 Å². The minimum Gasteiger partial charge on any atom is -0.244 e. The monoisotopic (exact) mass is 78.1 g/mol. The van der Waals surface area contributed by atoms with Gasteiger partial charge in [0.05, 0.1) is 0 Å². The van der Waals surface area contributed by atoms with Gasteiger partial charge in [0.1, 0.15) is 5.67 Å². The van der Waals surface area contributed by atoms with E-state index in [9.17, 15) is 4.39 Å². The molecule has 0 aromatic heterocycles. The highest BCUT2D eigenvalue weighted by molar-refractivity contribution is 4.88. The van der Waals surface area contributed by atoms with E-state index in [1.807, 2.05) is 0 Å². The Bertz CT molecular complexity index is 45.5. The number of rotatable bonds is 0. The second-order valence-electron chi connectivity index (χ2n) is 1.91. The molecule has 0 saturated heterocycles. The van der Waals surface area contributed by atoms with Crippen LogP contribution in [0.25, 0.3) is 0 Å². The summed E-state index contributed by atoms with van der Waals surface area (Å²) in [6.07, 6.45) is 1.57. The second-order valence-corrected chi connectivity index (χ2v) is 1.91. The third kappa shape index (κ3) is 0.602. The van der Waals surface area contributed by atoms with Crippen molar-refractivity contribution in [2.45, 2.75) is 25.4 Å². The summed E-state index contributed by atoms with van der Waals surface area (Å²) in [6.45, 7) is 1.63. The van der Waals surface area contributed by atoms with Crippen LogP contribution in [0.15, 0.2) is 0 Å². The van der Waals surface area contributed by atoms with Gasteiger partial charge in [-0.1, -0.05) is 0 Å². The van der Waals surface area contributed by atoms with Crippen LogP contribution in [0, 0.1) is 0 Å². The lowest BCUT2D eigenvalue weighted by atomic mass is 10.5. The van der Waals surface area contributed by atoms with Crippen molar-refractivity contribution in [1.29, 1.82) is 0 Å². The summed E-state index contributed by atoms with van der Waals surface area (Å²) in [6, 6.07) is 0. The summed E-state index contributed by atoms with van der Waals surface area (Å²) in [5.41, 5.74) is -0.750. The fourth-order valence-corrected chi connectivity index (χ4v) is 0.172. The number of hydrogen-bond acceptors (Lipinski definition) is 0. The van der Waals surface area contributed by atoms with E-state index in [0.29, 0.717) is 0 Å². The first kappa shape index (κ1) is 3.13. The zero-order chi connectivity index (χ0) is 3.91. The minimum absolute atomic E-state index is 0. The van der Waals surface area contributed by atoms with Crippen molar-refractivity contribution < 1.29 is 5.82 Å². The third-order valence-electron chi connectivity index (χ3n) is 0.939. The summed E-state index contributed by atoms with van der Waals surface area (Å²) in [7, 11) is 0. The van der Waals surface area contributed by atoms with E-state index < -0.39 is 5.67 Å². The first-order chi connectivity index (χ1) is 2.21. The molecule has 0 aromatic carbocycles. The molecule has 0 radical (unpaired) electrons. The van der Waals surface area contributed by atoms with Crippen molar-refractivity contribution in [3.63, 3.8) is 0 Å². The molecule has 32 valence electrons. The number of alkyl halides is 1. The predicted molar refractivity (Wildman–Crippen MR) is 20.9 cm³/mol. The minimum atomic E-state index is -0.750. The molecule has 1 heteroatoms. The van der Waals surface area contributed by atoms with Gasteiger partial charge in [-0.3, -0.25) is 0 Å². The molecular weight excluding hydrogens is 67.0 g/mol. The Kier molecular flexibility index (Phi) is 0.336. The fraction of sp³-hybridized carbons (Fsp3) is 1.00. The molecule has 1 saturated carbocycles. The highest BCUT2D eigenvalue weighted by Crippen LogP contribution is 2.38. The van der Waals surface area contributed by atoms with Gasteiger partial charge in [0.15, 0.2) is 0 Å². The van der Waals surface area contributed by atoms with Crippen molar-refractivity contribution in [3.8, 4) is 0 Å². The van der Waals surface area contributed by atoms with Crippen molar-refractivity contribution in [2.24, 2.45) is 0 Å². The van der Waals surface area contributed by atoms with Crippen LogP contribution < -0.4 is 0 Å². The zero-order valence-electron chi connectivity index (χ0n) is 3.29. The molecule has 1 rings (SSSR count). The average molecular weight is 78.1 g/mol. The van der Waals surface area contributed by atoms with Crippen LogP contribution in [0.5, 0.6) is 0 Å². The maximum absolute atomic E-state index is 11.8. The van der Waals surface area contributed by atoms with Crippen LogP contribution >= 0.6 is 0 Å². The van der Waals surface area contributed by atoms with Gasteiger partial charge in [-0.15, -0.1) is 0 Å². The summed E-state index contributed by atoms with van der Waals surface area (Å²) >= 11 is 0. The van der Waals surface area contributed by atoms with Crippen molar-refractivity contribution >= 4 is 0 Å². The van der Waals surface area contributed by atoms with Crippen LogP contribution in [0.3, 0.4) is 0 Å². The Morgan fingerprint density at radius 2 is 2.00 bits per heavy atom. The number of hydrogen-bond donors (Lipinski definition) is 0. The summed E-state index contributed by atoms with van der Waals surface area (Å²) in [5, 5.41) is 0. The molecule has 0 bridgehead atoms. The molecule has 1 aliphatic carbocycles. The Morgan fingerprint density at radius 3 is 2.00 bits per heavy atom. The molecule has 0 unspecified atom stereocenters. The lowest BCUT2D eigenvalue weighted by Gasteiger charge is -1.81. The second kappa shape index (κ2) is 0.537. The van der Waals surface area contributed by atoms with Gasteiger partial charge in [-0.2, -0.15) is 0 Å². The fourth-order valence-electron chi connectivity index (χ4n) is 0.172. The van der Waals surface area contributed by atoms with Gasteiger partial charge in [0.25, 0.3) is 0 Å². The molecule has 0 spiro atoms. The topological polar surface area (TPSA) is 0 Å². The Hall–Kier alpha value is -0.0700. The van der Waals surface area contributed by atoms with Gasteiger partial charge in [-0.25, -0.2) is 4.39 Å². The maximum atomic E-state index is 11.8. The van der Waals surface area contributed by atoms with Crippen LogP contribution in [-0.2, 0) is 0 Å². The lowest BCUT2D eigenvalue weighted by molar-refractivity contribution is 0.339. The highest BCUT2D eigenvalue weighted by Gasteiger charge is 2.36. The van der Waals surface area contributed by atoms with Crippen molar-refractivity contribution in [3.05, 3.63) is 0 Å². The van der Waals surface area contributed by atoms with Gasteiger partial charge in [0, 0.05) is 1.43 Å². The van der Waals surface area contributed by atoms with E-state index in [0.717, 1.165) is 12.8 Å². The summed E-state index contributed by atoms with van der Waals surface area (Å²) in [5.74, 6) is 0.